The highest BCUT2D eigenvalue weighted by atomic mass is 32.2. The molecule has 0 unspecified atom stereocenters. The predicted octanol–water partition coefficient (Wildman–Crippen LogP) is 5.38. The first kappa shape index (κ1) is 35.0. The number of ether oxygens (including phenoxy) is 4. The summed E-state index contributed by atoms with van der Waals surface area (Å²) in [7, 11) is -1.21. The van der Waals surface area contributed by atoms with Crippen molar-refractivity contribution in [1.82, 2.24) is 4.31 Å². The van der Waals surface area contributed by atoms with Crippen molar-refractivity contribution in [2.45, 2.75) is 56.7 Å². The average Bonchev–Trinajstić information content (AvgIpc) is 3.07. The van der Waals surface area contributed by atoms with Gasteiger partial charge >= 0.3 is 0 Å². The molecule has 1 aliphatic heterocycles. The predicted molar refractivity (Wildman–Crippen MR) is 174 cm³/mol. The summed E-state index contributed by atoms with van der Waals surface area (Å²) in [6.07, 6.45) is 2.11. The number of hydrogen-bond donors (Lipinski definition) is 2. The van der Waals surface area contributed by atoms with Crippen molar-refractivity contribution < 1.29 is 37.4 Å². The maximum absolute atomic E-state index is 14.4. The van der Waals surface area contributed by atoms with Crippen molar-refractivity contribution in [3.8, 4) is 17.2 Å². The van der Waals surface area contributed by atoms with Crippen LogP contribution in [-0.2, 0) is 27.8 Å². The zero-order valence-electron chi connectivity index (χ0n) is 26.5. The molecule has 250 valence electrons. The summed E-state index contributed by atoms with van der Waals surface area (Å²) >= 11 is 0. The molecule has 13 heteroatoms. The lowest BCUT2D eigenvalue weighted by atomic mass is 10.0. The Morgan fingerprint density at radius 2 is 1.57 bits per heavy atom. The fourth-order valence-corrected chi connectivity index (χ4v) is 6.69. The lowest BCUT2D eigenvalue weighted by Crippen LogP contribution is -2.30. The molecule has 0 radical (unpaired) electrons. The number of aliphatic hydroxyl groups is 1. The SMILES string of the molecule is COc1ccc(CN(Cc2ccc(OC)cc2)S(=O)(=O)c2cc(O[C@H](C)CCCO)c(NCC3CCOCC3)c([N+](=O)[O-])c2)cc1. The van der Waals surface area contributed by atoms with Gasteiger partial charge in [-0.3, -0.25) is 10.1 Å². The molecule has 3 aromatic carbocycles. The molecule has 1 heterocycles. The van der Waals surface area contributed by atoms with Crippen molar-refractivity contribution >= 4 is 21.4 Å². The van der Waals surface area contributed by atoms with E-state index in [2.05, 4.69) is 5.32 Å². The zero-order valence-corrected chi connectivity index (χ0v) is 27.3. The van der Waals surface area contributed by atoms with Gasteiger partial charge in [-0.05, 0) is 73.9 Å². The summed E-state index contributed by atoms with van der Waals surface area (Å²) in [6.45, 7) is 3.42. The number of anilines is 1. The molecule has 0 bridgehead atoms. The third-order valence-electron chi connectivity index (χ3n) is 7.93. The van der Waals surface area contributed by atoms with Gasteiger partial charge in [-0.1, -0.05) is 24.3 Å². The van der Waals surface area contributed by atoms with Crippen molar-refractivity contribution in [2.75, 3.05) is 45.9 Å². The van der Waals surface area contributed by atoms with E-state index in [1.807, 2.05) is 0 Å². The van der Waals surface area contributed by atoms with Crippen LogP contribution < -0.4 is 19.5 Å². The molecule has 0 amide bonds. The van der Waals surface area contributed by atoms with Crippen LogP contribution in [-0.4, -0.2) is 69.4 Å². The summed E-state index contributed by atoms with van der Waals surface area (Å²) in [4.78, 5) is 11.6. The van der Waals surface area contributed by atoms with E-state index in [0.717, 1.165) is 18.9 Å². The molecule has 12 nitrogen and oxygen atoms in total. The van der Waals surface area contributed by atoms with Crippen LogP contribution in [0.4, 0.5) is 11.4 Å². The molecule has 1 fully saturated rings. The average molecular weight is 658 g/mol. The van der Waals surface area contributed by atoms with E-state index in [4.69, 9.17) is 18.9 Å². The standard InChI is InChI=1S/C33H43N3O9S/c1-24(5-4-16-37)45-32-20-30(19-31(36(38)39)33(32)34-21-25-14-17-44-18-15-25)46(40,41)35(22-26-6-10-28(42-2)11-7-26)23-27-8-12-29(43-3)13-9-27/h6-13,19-20,24-25,34,37H,4-5,14-18,21-23H2,1-3H3/t24-/m1/s1. The molecule has 2 N–H and O–H groups in total. The molecular weight excluding hydrogens is 614 g/mol. The van der Waals surface area contributed by atoms with Gasteiger partial charge in [0.25, 0.3) is 5.69 Å². The summed E-state index contributed by atoms with van der Waals surface area (Å²) in [5, 5.41) is 25.0. The second kappa shape index (κ2) is 16.6. The number of nitrogens with zero attached hydrogens (tertiary/aromatic N) is 2. The maximum Gasteiger partial charge on any atom is 0.297 e. The summed E-state index contributed by atoms with van der Waals surface area (Å²) in [5.74, 6) is 1.56. The normalized spacial score (nSPS) is 14.5. The minimum atomic E-state index is -4.31. The number of hydrogen-bond acceptors (Lipinski definition) is 10. The Hall–Kier alpha value is -3.91. The van der Waals surface area contributed by atoms with E-state index in [9.17, 15) is 23.6 Å². The van der Waals surface area contributed by atoms with E-state index in [1.165, 1.54) is 10.4 Å². The van der Waals surface area contributed by atoms with Gasteiger partial charge in [-0.15, -0.1) is 0 Å². The van der Waals surface area contributed by atoms with Crippen LogP contribution in [0, 0.1) is 16.0 Å². The number of benzene rings is 3. The number of aliphatic hydroxyl groups excluding tert-OH is 1. The molecule has 1 atom stereocenters. The highest BCUT2D eigenvalue weighted by molar-refractivity contribution is 7.89. The van der Waals surface area contributed by atoms with Gasteiger partial charge in [0.1, 0.15) is 11.5 Å². The summed E-state index contributed by atoms with van der Waals surface area (Å²) in [6, 6.07) is 16.6. The van der Waals surface area contributed by atoms with Crippen molar-refractivity contribution in [2.24, 2.45) is 5.92 Å². The zero-order chi connectivity index (χ0) is 33.1. The molecule has 0 saturated carbocycles. The first-order valence-electron chi connectivity index (χ1n) is 15.3. The van der Waals surface area contributed by atoms with Crippen LogP contribution in [0.1, 0.15) is 43.7 Å². The molecular formula is C33H43N3O9S. The third-order valence-corrected chi connectivity index (χ3v) is 9.70. The Kier molecular flexibility index (Phi) is 12.6. The van der Waals surface area contributed by atoms with Crippen molar-refractivity contribution in [3.63, 3.8) is 0 Å². The molecule has 0 aromatic heterocycles. The molecule has 3 aromatic rings. The Balaban J connectivity index is 1.76. The second-order valence-corrected chi connectivity index (χ2v) is 13.2. The van der Waals surface area contributed by atoms with E-state index >= 15 is 0 Å². The molecule has 4 rings (SSSR count). The summed E-state index contributed by atoms with van der Waals surface area (Å²) < 4.78 is 52.2. The largest absolute Gasteiger partial charge is 0.497 e. The third kappa shape index (κ3) is 9.32. The van der Waals surface area contributed by atoms with Crippen LogP contribution in [0.25, 0.3) is 0 Å². The van der Waals surface area contributed by atoms with Crippen molar-refractivity contribution in [1.29, 1.82) is 0 Å². The fourth-order valence-electron chi connectivity index (χ4n) is 5.24. The lowest BCUT2D eigenvalue weighted by Gasteiger charge is -2.26. The van der Waals surface area contributed by atoms with Crippen LogP contribution >= 0.6 is 0 Å². The smallest absolute Gasteiger partial charge is 0.297 e. The molecule has 0 aliphatic carbocycles. The van der Waals surface area contributed by atoms with E-state index in [1.54, 1.807) is 69.7 Å². The Morgan fingerprint density at radius 1 is 1.00 bits per heavy atom. The van der Waals surface area contributed by atoms with Gasteiger partial charge in [-0.25, -0.2) is 8.42 Å². The highest BCUT2D eigenvalue weighted by Crippen LogP contribution is 2.40. The van der Waals surface area contributed by atoms with Gasteiger partial charge in [0.05, 0.1) is 30.1 Å². The number of nitro benzene ring substituents is 1. The van der Waals surface area contributed by atoms with E-state index < -0.39 is 26.7 Å². The molecule has 46 heavy (non-hydrogen) atoms. The van der Waals surface area contributed by atoms with Gasteiger partial charge in [0.2, 0.25) is 10.0 Å². The fraction of sp³-hybridized carbons (Fsp3) is 0.455. The second-order valence-electron chi connectivity index (χ2n) is 11.3. The van der Waals surface area contributed by atoms with Crippen LogP contribution in [0.15, 0.2) is 65.6 Å². The monoisotopic (exact) mass is 657 g/mol. The Bertz CT molecular complexity index is 1480. The van der Waals surface area contributed by atoms with E-state index in [-0.39, 0.29) is 41.9 Å². The van der Waals surface area contributed by atoms with Crippen LogP contribution in [0.2, 0.25) is 0 Å². The molecule has 0 spiro atoms. The van der Waals surface area contributed by atoms with Crippen molar-refractivity contribution in [3.05, 3.63) is 81.9 Å². The highest BCUT2D eigenvalue weighted by Gasteiger charge is 2.32. The topological polar surface area (TPSA) is 150 Å². The van der Waals surface area contributed by atoms with Gasteiger partial charge in [0.15, 0.2) is 11.4 Å². The number of sulfonamides is 1. The number of nitrogens with one attached hydrogen (secondary N) is 1. The minimum Gasteiger partial charge on any atom is -0.497 e. The van der Waals surface area contributed by atoms with Crippen LogP contribution in [0.5, 0.6) is 17.2 Å². The molecule has 1 aliphatic rings. The number of rotatable bonds is 17. The number of methoxy groups -OCH3 is 2. The van der Waals surface area contributed by atoms with E-state index in [0.29, 0.717) is 55.2 Å². The quantitative estimate of drug-likeness (QED) is 0.143. The minimum absolute atomic E-state index is 0.000992. The Labute approximate surface area is 270 Å². The van der Waals surface area contributed by atoms with Gasteiger partial charge in [0, 0.05) is 51.6 Å². The van der Waals surface area contributed by atoms with Gasteiger partial charge in [-0.2, -0.15) is 4.31 Å². The first-order chi connectivity index (χ1) is 22.1. The molecule has 1 saturated heterocycles. The first-order valence-corrected chi connectivity index (χ1v) is 16.8. The Morgan fingerprint density at radius 3 is 2.07 bits per heavy atom. The van der Waals surface area contributed by atoms with Crippen LogP contribution in [0.3, 0.4) is 0 Å². The maximum atomic E-state index is 14.4. The lowest BCUT2D eigenvalue weighted by molar-refractivity contribution is -0.384. The number of nitro groups is 1. The summed E-state index contributed by atoms with van der Waals surface area (Å²) in [5.41, 5.74) is 1.14. The van der Waals surface area contributed by atoms with Gasteiger partial charge < -0.3 is 29.4 Å².